The van der Waals surface area contributed by atoms with Gasteiger partial charge in [-0.3, -0.25) is 14.3 Å². The second kappa shape index (κ2) is 7.47. The highest BCUT2D eigenvalue weighted by molar-refractivity contribution is 5.75. The van der Waals surface area contributed by atoms with Gasteiger partial charge in [-0.05, 0) is 36.7 Å². The predicted octanol–water partition coefficient (Wildman–Crippen LogP) is 2.51. The van der Waals surface area contributed by atoms with E-state index in [-0.39, 0.29) is 5.91 Å². The molecule has 0 bridgehead atoms. The first-order valence-corrected chi connectivity index (χ1v) is 8.57. The van der Waals surface area contributed by atoms with Crippen LogP contribution in [0.15, 0.2) is 33.6 Å². The highest BCUT2D eigenvalue weighted by Gasteiger charge is 2.34. The molecular formula is C18H23N3O3. The van der Waals surface area contributed by atoms with Crippen molar-refractivity contribution in [2.24, 2.45) is 11.8 Å². The summed E-state index contributed by atoms with van der Waals surface area (Å²) in [6.45, 7) is 3.04. The second-order valence-electron chi connectivity index (χ2n) is 6.46. The largest absolute Gasteiger partial charge is 0.439 e. The quantitative estimate of drug-likeness (QED) is 0.779. The summed E-state index contributed by atoms with van der Waals surface area (Å²) >= 11 is 0. The molecule has 0 saturated heterocycles. The molecule has 0 aliphatic heterocycles. The number of H-pyrrole nitrogens is 1. The molecule has 24 heavy (non-hydrogen) atoms. The topological polar surface area (TPSA) is 88.0 Å². The average molecular weight is 329 g/mol. The van der Waals surface area contributed by atoms with Gasteiger partial charge in [-0.1, -0.05) is 42.8 Å². The Hall–Kier alpha value is -2.37. The van der Waals surface area contributed by atoms with Gasteiger partial charge in [-0.15, -0.1) is 0 Å². The first-order chi connectivity index (χ1) is 11.7. The summed E-state index contributed by atoms with van der Waals surface area (Å²) in [5, 5.41) is 6.69. The predicted molar refractivity (Wildman–Crippen MR) is 90.4 cm³/mol. The van der Waals surface area contributed by atoms with Crippen LogP contribution in [0.5, 0.6) is 0 Å². The lowest BCUT2D eigenvalue weighted by molar-refractivity contribution is -0.121. The Balaban J connectivity index is 1.39. The van der Waals surface area contributed by atoms with Crippen molar-refractivity contribution in [2.45, 2.75) is 39.0 Å². The van der Waals surface area contributed by atoms with Gasteiger partial charge in [0.25, 0.3) is 0 Å². The number of hydrogen-bond acceptors (Lipinski definition) is 4. The molecule has 2 atom stereocenters. The van der Waals surface area contributed by atoms with Crippen LogP contribution in [0.4, 0.5) is 0 Å². The Bertz CT molecular complexity index is 732. The number of hydrogen-bond donors (Lipinski definition) is 2. The van der Waals surface area contributed by atoms with Gasteiger partial charge in [0.15, 0.2) is 5.82 Å². The number of rotatable bonds is 8. The molecule has 1 aromatic carbocycles. The summed E-state index contributed by atoms with van der Waals surface area (Å²) in [5.74, 6) is 1.54. The van der Waals surface area contributed by atoms with Gasteiger partial charge in [0.2, 0.25) is 5.91 Å². The van der Waals surface area contributed by atoms with E-state index >= 15 is 0 Å². The molecule has 0 radical (unpaired) electrons. The molecule has 1 amide bonds. The number of nitrogens with zero attached hydrogens (tertiary/aromatic N) is 1. The zero-order chi connectivity index (χ0) is 16.9. The highest BCUT2D eigenvalue weighted by atomic mass is 16.5. The highest BCUT2D eigenvalue weighted by Crippen LogP contribution is 2.40. The molecule has 3 rings (SSSR count). The maximum Gasteiger partial charge on any atom is 0.439 e. The fraction of sp³-hybridized carbons (Fsp3) is 0.500. The molecular weight excluding hydrogens is 306 g/mol. The summed E-state index contributed by atoms with van der Waals surface area (Å²) in [7, 11) is 0. The van der Waals surface area contributed by atoms with E-state index in [0.29, 0.717) is 18.2 Å². The average Bonchev–Trinajstić information content (AvgIpc) is 3.23. The molecule has 1 aliphatic carbocycles. The summed E-state index contributed by atoms with van der Waals surface area (Å²) in [6, 6.07) is 7.74. The molecule has 1 fully saturated rings. The molecule has 2 N–H and O–H groups in total. The van der Waals surface area contributed by atoms with E-state index in [2.05, 4.69) is 26.9 Å². The third-order valence-corrected chi connectivity index (χ3v) is 4.69. The molecule has 1 heterocycles. The summed E-state index contributed by atoms with van der Waals surface area (Å²) in [4.78, 5) is 25.3. The van der Waals surface area contributed by atoms with Crippen molar-refractivity contribution in [1.82, 2.24) is 15.5 Å². The standard InChI is InChI=1S/C18H23N3O3/c1-2-13-10-15(13)11-19-16(22)5-3-4-12-6-8-14(9-7-12)17-20-18(23)24-21-17/h6-9,13,15H,2-5,10-11H2,1H3,(H,19,22)(H,20,21,23)/t13-,15+/m1/s1. The minimum atomic E-state index is -0.559. The van der Waals surface area contributed by atoms with E-state index < -0.39 is 5.76 Å². The maximum absolute atomic E-state index is 11.8. The van der Waals surface area contributed by atoms with Crippen LogP contribution in [0.25, 0.3) is 11.4 Å². The number of aromatic amines is 1. The van der Waals surface area contributed by atoms with Crippen molar-refractivity contribution in [1.29, 1.82) is 0 Å². The van der Waals surface area contributed by atoms with Crippen molar-refractivity contribution in [3.05, 3.63) is 40.4 Å². The number of aromatic nitrogens is 2. The van der Waals surface area contributed by atoms with E-state index in [9.17, 15) is 9.59 Å². The SMILES string of the molecule is CC[C@@H]1C[C@H]1CNC(=O)CCCc1ccc(-c2noc(=O)[nH]2)cc1. The van der Waals surface area contributed by atoms with Crippen molar-refractivity contribution in [3.63, 3.8) is 0 Å². The van der Waals surface area contributed by atoms with E-state index in [0.717, 1.165) is 36.4 Å². The van der Waals surface area contributed by atoms with Crippen molar-refractivity contribution >= 4 is 5.91 Å². The normalized spacial score (nSPS) is 19.2. The molecule has 0 spiro atoms. The van der Waals surface area contributed by atoms with Crippen LogP contribution in [0, 0.1) is 11.8 Å². The summed E-state index contributed by atoms with van der Waals surface area (Å²) in [6.07, 6.45) is 4.72. The fourth-order valence-electron chi connectivity index (χ4n) is 3.03. The van der Waals surface area contributed by atoms with Crippen LogP contribution in [0.3, 0.4) is 0 Å². The third-order valence-electron chi connectivity index (χ3n) is 4.69. The number of amides is 1. The molecule has 6 heteroatoms. The first kappa shape index (κ1) is 16.5. The fourth-order valence-corrected chi connectivity index (χ4v) is 3.03. The monoisotopic (exact) mass is 329 g/mol. The third kappa shape index (κ3) is 4.34. The molecule has 6 nitrogen and oxygen atoms in total. The Morgan fingerprint density at radius 3 is 2.75 bits per heavy atom. The van der Waals surface area contributed by atoms with Crippen LogP contribution >= 0.6 is 0 Å². The van der Waals surface area contributed by atoms with Gasteiger partial charge in [-0.2, -0.15) is 0 Å². The number of nitrogens with one attached hydrogen (secondary N) is 2. The van der Waals surface area contributed by atoms with E-state index in [1.165, 1.54) is 12.8 Å². The number of aryl methyl sites for hydroxylation is 1. The molecule has 1 aromatic heterocycles. The molecule has 0 unspecified atom stereocenters. The maximum atomic E-state index is 11.8. The molecule has 1 saturated carbocycles. The lowest BCUT2D eigenvalue weighted by Gasteiger charge is -2.05. The summed E-state index contributed by atoms with van der Waals surface area (Å²) in [5.41, 5.74) is 1.96. The Morgan fingerprint density at radius 1 is 1.33 bits per heavy atom. The van der Waals surface area contributed by atoms with Crippen LogP contribution in [0.2, 0.25) is 0 Å². The smallest absolute Gasteiger partial charge is 0.356 e. The molecule has 2 aromatic rings. The number of carbonyl (C=O) groups is 1. The Kier molecular flexibility index (Phi) is 5.13. The van der Waals surface area contributed by atoms with E-state index in [1.807, 2.05) is 24.3 Å². The van der Waals surface area contributed by atoms with Crippen molar-refractivity contribution in [2.75, 3.05) is 6.54 Å². The van der Waals surface area contributed by atoms with Gasteiger partial charge in [0.05, 0.1) is 0 Å². The second-order valence-corrected chi connectivity index (χ2v) is 6.46. The van der Waals surface area contributed by atoms with Gasteiger partial charge < -0.3 is 5.32 Å². The van der Waals surface area contributed by atoms with E-state index in [4.69, 9.17) is 0 Å². The van der Waals surface area contributed by atoms with Crippen LogP contribution in [-0.2, 0) is 11.2 Å². The van der Waals surface area contributed by atoms with Gasteiger partial charge in [0, 0.05) is 18.5 Å². The Labute approximate surface area is 140 Å². The Morgan fingerprint density at radius 2 is 2.12 bits per heavy atom. The molecule has 128 valence electrons. The zero-order valence-electron chi connectivity index (χ0n) is 13.9. The van der Waals surface area contributed by atoms with Gasteiger partial charge in [0.1, 0.15) is 0 Å². The number of benzene rings is 1. The molecule has 1 aliphatic rings. The minimum Gasteiger partial charge on any atom is -0.356 e. The van der Waals surface area contributed by atoms with Crippen molar-refractivity contribution < 1.29 is 9.32 Å². The van der Waals surface area contributed by atoms with Crippen LogP contribution in [-0.4, -0.2) is 22.6 Å². The lowest BCUT2D eigenvalue weighted by atomic mass is 10.1. The van der Waals surface area contributed by atoms with Gasteiger partial charge >= 0.3 is 5.76 Å². The van der Waals surface area contributed by atoms with Crippen molar-refractivity contribution in [3.8, 4) is 11.4 Å². The van der Waals surface area contributed by atoms with Crippen LogP contribution < -0.4 is 11.1 Å². The zero-order valence-corrected chi connectivity index (χ0v) is 13.9. The number of carbonyl (C=O) groups excluding carboxylic acids is 1. The lowest BCUT2D eigenvalue weighted by Crippen LogP contribution is -2.25. The van der Waals surface area contributed by atoms with Gasteiger partial charge in [-0.25, -0.2) is 4.79 Å². The van der Waals surface area contributed by atoms with Crippen LogP contribution in [0.1, 0.15) is 38.2 Å². The summed E-state index contributed by atoms with van der Waals surface area (Å²) < 4.78 is 4.49. The van der Waals surface area contributed by atoms with E-state index in [1.54, 1.807) is 0 Å². The minimum absolute atomic E-state index is 0.147. The first-order valence-electron chi connectivity index (χ1n) is 8.57.